The lowest BCUT2D eigenvalue weighted by atomic mass is 9.85. The highest BCUT2D eigenvalue weighted by atomic mass is 32.1. The topological polar surface area (TPSA) is 65.1 Å². The van der Waals surface area contributed by atoms with Gasteiger partial charge in [0.15, 0.2) is 5.79 Å². The highest BCUT2D eigenvalue weighted by Crippen LogP contribution is 2.42. The average Bonchev–Trinajstić information content (AvgIpc) is 3.47. The molecule has 1 amide bonds. The van der Waals surface area contributed by atoms with Crippen LogP contribution in [0.15, 0.2) is 6.07 Å². The summed E-state index contributed by atoms with van der Waals surface area (Å²) >= 11 is 1.32. The number of amides is 1. The maximum absolute atomic E-state index is 13.9. The molecular weight excluding hydrogens is 438 g/mol. The van der Waals surface area contributed by atoms with Crippen molar-refractivity contribution in [3.8, 4) is 11.8 Å². The first-order valence-electron chi connectivity index (χ1n) is 12.3. The number of carbonyl (C=O) groups is 2. The number of anilines is 1. The summed E-state index contributed by atoms with van der Waals surface area (Å²) in [6.07, 6.45) is 8.24. The molecule has 0 atom stereocenters. The number of nitrogens with zero attached hydrogens (tertiary/aromatic N) is 1. The third-order valence-corrected chi connectivity index (χ3v) is 7.93. The summed E-state index contributed by atoms with van der Waals surface area (Å²) in [6.45, 7) is 5.33. The Labute approximate surface area is 201 Å². The van der Waals surface area contributed by atoms with Gasteiger partial charge in [-0.05, 0) is 31.7 Å². The van der Waals surface area contributed by atoms with Gasteiger partial charge in [0.1, 0.15) is 4.88 Å². The fourth-order valence-electron chi connectivity index (χ4n) is 5.20. The maximum Gasteiger partial charge on any atom is 0.350 e. The molecule has 1 aromatic heterocycles. The van der Waals surface area contributed by atoms with Crippen molar-refractivity contribution in [1.82, 2.24) is 0 Å². The van der Waals surface area contributed by atoms with Crippen molar-refractivity contribution in [2.45, 2.75) is 83.5 Å². The van der Waals surface area contributed by atoms with Crippen molar-refractivity contribution < 1.29 is 23.8 Å². The zero-order valence-electron chi connectivity index (χ0n) is 20.0. The van der Waals surface area contributed by atoms with Crippen molar-refractivity contribution >= 4 is 28.9 Å². The van der Waals surface area contributed by atoms with Gasteiger partial charge in [-0.25, -0.2) is 4.79 Å². The molecular formula is C26H35NO5S. The Hall–Kier alpha value is -1.88. The second kappa shape index (κ2) is 10.6. The molecule has 2 heterocycles. The Kier molecular flexibility index (Phi) is 7.78. The van der Waals surface area contributed by atoms with E-state index in [0.717, 1.165) is 56.2 Å². The SMILES string of the molecule is COC(=O)c1sc(C#CC(C)C)cc1N(C(=O)C1CCCCC1)C1CCC2(CC1)OCCO2. The smallest absolute Gasteiger partial charge is 0.350 e. The zero-order valence-corrected chi connectivity index (χ0v) is 20.8. The summed E-state index contributed by atoms with van der Waals surface area (Å²) in [5.41, 5.74) is 0.657. The molecule has 3 aliphatic rings. The normalized spacial score (nSPS) is 21.1. The lowest BCUT2D eigenvalue weighted by molar-refractivity contribution is -0.179. The molecule has 1 aliphatic heterocycles. The van der Waals surface area contributed by atoms with Crippen molar-refractivity contribution in [2.75, 3.05) is 25.2 Å². The van der Waals surface area contributed by atoms with Gasteiger partial charge in [-0.3, -0.25) is 4.79 Å². The van der Waals surface area contributed by atoms with Crippen molar-refractivity contribution in [3.05, 3.63) is 15.8 Å². The number of esters is 1. The minimum Gasteiger partial charge on any atom is -0.465 e. The van der Waals surface area contributed by atoms with Gasteiger partial charge in [0.25, 0.3) is 0 Å². The van der Waals surface area contributed by atoms with E-state index >= 15 is 0 Å². The van der Waals surface area contributed by atoms with E-state index in [-0.39, 0.29) is 23.8 Å². The van der Waals surface area contributed by atoms with Crippen LogP contribution in [0.5, 0.6) is 0 Å². The molecule has 0 bridgehead atoms. The third-order valence-electron chi connectivity index (χ3n) is 6.91. The predicted molar refractivity (Wildman–Crippen MR) is 128 cm³/mol. The van der Waals surface area contributed by atoms with Crippen LogP contribution >= 0.6 is 11.3 Å². The number of rotatable bonds is 4. The monoisotopic (exact) mass is 473 g/mol. The Morgan fingerprint density at radius 1 is 1.12 bits per heavy atom. The van der Waals surface area contributed by atoms with Crippen LogP contribution < -0.4 is 4.90 Å². The summed E-state index contributed by atoms with van der Waals surface area (Å²) < 4.78 is 16.9. The molecule has 1 saturated heterocycles. The highest BCUT2D eigenvalue weighted by molar-refractivity contribution is 7.15. The van der Waals surface area contributed by atoms with Gasteiger partial charge in [-0.2, -0.15) is 0 Å². The molecule has 0 aromatic carbocycles. The zero-order chi connectivity index (χ0) is 23.4. The second-order valence-electron chi connectivity index (χ2n) is 9.62. The lowest BCUT2D eigenvalue weighted by Gasteiger charge is -2.41. The van der Waals surface area contributed by atoms with E-state index < -0.39 is 11.8 Å². The molecule has 180 valence electrons. The van der Waals surface area contributed by atoms with Gasteiger partial charge >= 0.3 is 5.97 Å². The number of ether oxygens (including phenoxy) is 3. The van der Waals surface area contributed by atoms with Gasteiger partial charge < -0.3 is 19.1 Å². The predicted octanol–water partition coefficient (Wildman–Crippen LogP) is 5.14. The molecule has 33 heavy (non-hydrogen) atoms. The molecule has 1 spiro atoms. The second-order valence-corrected chi connectivity index (χ2v) is 10.7. The molecule has 1 aromatic rings. The van der Waals surface area contributed by atoms with Gasteiger partial charge in [0, 0.05) is 30.7 Å². The molecule has 2 saturated carbocycles. The van der Waals surface area contributed by atoms with Crippen LogP contribution in [-0.2, 0) is 19.0 Å². The molecule has 4 rings (SSSR count). The van der Waals surface area contributed by atoms with Gasteiger partial charge in [-0.15, -0.1) is 11.3 Å². The Morgan fingerprint density at radius 2 is 1.79 bits per heavy atom. The van der Waals surface area contributed by atoms with Crippen LogP contribution in [0.25, 0.3) is 0 Å². The number of thiophene rings is 1. The van der Waals surface area contributed by atoms with Gasteiger partial charge in [-0.1, -0.05) is 45.0 Å². The maximum atomic E-state index is 13.9. The first-order chi connectivity index (χ1) is 15.9. The number of methoxy groups -OCH3 is 1. The summed E-state index contributed by atoms with van der Waals surface area (Å²) in [5, 5.41) is 0. The first-order valence-corrected chi connectivity index (χ1v) is 13.1. The number of hydrogen-bond donors (Lipinski definition) is 0. The molecule has 0 N–H and O–H groups in total. The third kappa shape index (κ3) is 5.45. The largest absolute Gasteiger partial charge is 0.465 e. The van der Waals surface area contributed by atoms with E-state index in [2.05, 4.69) is 11.8 Å². The Morgan fingerprint density at radius 3 is 2.39 bits per heavy atom. The first kappa shape index (κ1) is 24.3. The molecule has 2 aliphatic carbocycles. The number of hydrogen-bond acceptors (Lipinski definition) is 6. The Balaban J connectivity index is 1.68. The fourth-order valence-corrected chi connectivity index (χ4v) is 6.13. The average molecular weight is 474 g/mol. The molecule has 0 unspecified atom stereocenters. The van der Waals surface area contributed by atoms with E-state index in [1.54, 1.807) is 0 Å². The quantitative estimate of drug-likeness (QED) is 0.447. The number of carbonyl (C=O) groups excluding carboxylic acids is 2. The van der Waals surface area contributed by atoms with Crippen molar-refractivity contribution in [1.29, 1.82) is 0 Å². The summed E-state index contributed by atoms with van der Waals surface area (Å²) in [6, 6.07) is 1.92. The van der Waals surface area contributed by atoms with E-state index in [1.807, 2.05) is 24.8 Å². The Bertz CT molecular complexity index is 905. The van der Waals surface area contributed by atoms with Gasteiger partial charge in [0.2, 0.25) is 5.91 Å². The van der Waals surface area contributed by atoms with Gasteiger partial charge in [0.05, 0.1) is 30.9 Å². The molecule has 6 nitrogen and oxygen atoms in total. The highest BCUT2D eigenvalue weighted by Gasteiger charge is 2.44. The van der Waals surface area contributed by atoms with Crippen LogP contribution in [0.4, 0.5) is 5.69 Å². The van der Waals surface area contributed by atoms with E-state index in [4.69, 9.17) is 14.2 Å². The molecule has 7 heteroatoms. The van der Waals surface area contributed by atoms with E-state index in [9.17, 15) is 9.59 Å². The van der Waals surface area contributed by atoms with Crippen LogP contribution in [0.2, 0.25) is 0 Å². The standard InChI is InChI=1S/C26H35NO5S/c1-18(2)9-10-21-17-22(23(33-21)25(29)30-3)27(24(28)19-7-5-4-6-8-19)20-11-13-26(14-12-20)31-15-16-32-26/h17-20H,4-8,11-16H2,1-3H3. The van der Waals surface area contributed by atoms with Crippen LogP contribution in [-0.4, -0.2) is 44.0 Å². The summed E-state index contributed by atoms with van der Waals surface area (Å²) in [7, 11) is 1.39. The van der Waals surface area contributed by atoms with Crippen molar-refractivity contribution in [3.63, 3.8) is 0 Å². The summed E-state index contributed by atoms with van der Waals surface area (Å²) in [5.74, 6) is 5.81. The minimum absolute atomic E-state index is 0.00163. The van der Waals surface area contributed by atoms with E-state index in [1.165, 1.54) is 24.9 Å². The lowest BCUT2D eigenvalue weighted by Crippen LogP contribution is -2.49. The minimum atomic E-state index is -0.496. The van der Waals surface area contributed by atoms with Crippen LogP contribution in [0.3, 0.4) is 0 Å². The fraction of sp³-hybridized carbons (Fsp3) is 0.692. The van der Waals surface area contributed by atoms with Crippen LogP contribution in [0.1, 0.15) is 86.2 Å². The van der Waals surface area contributed by atoms with Crippen molar-refractivity contribution in [2.24, 2.45) is 11.8 Å². The molecule has 3 fully saturated rings. The van der Waals surface area contributed by atoms with Crippen LogP contribution in [0, 0.1) is 23.7 Å². The van der Waals surface area contributed by atoms with E-state index in [0.29, 0.717) is 23.8 Å². The summed E-state index contributed by atoms with van der Waals surface area (Å²) in [4.78, 5) is 29.8. The molecule has 0 radical (unpaired) electrons.